The highest BCUT2D eigenvalue weighted by Crippen LogP contribution is 2.27. The van der Waals surface area contributed by atoms with Gasteiger partial charge in [0.2, 0.25) is 0 Å². The molecule has 0 radical (unpaired) electrons. The Kier molecular flexibility index (Phi) is 5.23. The standard InChI is InChI=1S/C22H20N2O3S/c1-14-24-19(13-28-14)16-9-7-15(8-10-16)11-23-22(25)21-18(12-26-2)17-5-3-4-6-20(17)27-21/h3-10,13H,11-12H2,1-2H3,(H,23,25). The molecular formula is C22H20N2O3S. The molecule has 5 nitrogen and oxygen atoms in total. The van der Waals surface area contributed by atoms with Gasteiger partial charge in [-0.2, -0.15) is 0 Å². The van der Waals surface area contributed by atoms with Gasteiger partial charge in [-0.1, -0.05) is 42.5 Å². The van der Waals surface area contributed by atoms with Crippen LogP contribution in [0.2, 0.25) is 0 Å². The Balaban J connectivity index is 1.48. The molecule has 0 saturated carbocycles. The zero-order valence-electron chi connectivity index (χ0n) is 15.7. The second kappa shape index (κ2) is 7.96. The molecule has 0 unspecified atom stereocenters. The van der Waals surface area contributed by atoms with E-state index in [0.717, 1.165) is 32.8 Å². The quantitative estimate of drug-likeness (QED) is 0.505. The average molecular weight is 392 g/mol. The molecule has 0 aliphatic rings. The molecule has 0 aliphatic heterocycles. The summed E-state index contributed by atoms with van der Waals surface area (Å²) in [5.41, 5.74) is 4.50. The first-order valence-corrected chi connectivity index (χ1v) is 9.82. The van der Waals surface area contributed by atoms with Crippen LogP contribution in [0.1, 0.15) is 26.7 Å². The Morgan fingerprint density at radius 3 is 2.68 bits per heavy atom. The number of nitrogens with one attached hydrogen (secondary N) is 1. The third kappa shape index (κ3) is 3.69. The van der Waals surface area contributed by atoms with Gasteiger partial charge in [0.15, 0.2) is 5.76 Å². The van der Waals surface area contributed by atoms with E-state index in [0.29, 0.717) is 24.5 Å². The van der Waals surface area contributed by atoms with Crippen LogP contribution >= 0.6 is 11.3 Å². The van der Waals surface area contributed by atoms with E-state index in [9.17, 15) is 4.79 Å². The van der Waals surface area contributed by atoms with Crippen molar-refractivity contribution >= 4 is 28.2 Å². The van der Waals surface area contributed by atoms with Gasteiger partial charge in [-0.25, -0.2) is 4.98 Å². The molecule has 0 fully saturated rings. The van der Waals surface area contributed by atoms with Gasteiger partial charge in [-0.3, -0.25) is 4.79 Å². The minimum absolute atomic E-state index is 0.248. The van der Waals surface area contributed by atoms with Crippen molar-refractivity contribution in [3.05, 3.63) is 75.8 Å². The lowest BCUT2D eigenvalue weighted by molar-refractivity contribution is 0.0918. The molecule has 4 aromatic rings. The number of aryl methyl sites for hydroxylation is 1. The maximum atomic E-state index is 12.7. The van der Waals surface area contributed by atoms with E-state index in [2.05, 4.69) is 10.3 Å². The topological polar surface area (TPSA) is 64.4 Å². The SMILES string of the molecule is COCc1c(C(=O)NCc2ccc(-c3csc(C)n3)cc2)oc2ccccc12. The molecule has 28 heavy (non-hydrogen) atoms. The number of carbonyl (C=O) groups is 1. The van der Waals surface area contributed by atoms with Crippen LogP contribution < -0.4 is 5.32 Å². The molecule has 0 bridgehead atoms. The zero-order chi connectivity index (χ0) is 19.5. The lowest BCUT2D eigenvalue weighted by atomic mass is 10.1. The highest BCUT2D eigenvalue weighted by Gasteiger charge is 2.20. The molecular weight excluding hydrogens is 372 g/mol. The number of ether oxygens (including phenoxy) is 1. The number of benzene rings is 2. The number of hydrogen-bond donors (Lipinski definition) is 1. The molecule has 1 N–H and O–H groups in total. The highest BCUT2D eigenvalue weighted by atomic mass is 32.1. The van der Waals surface area contributed by atoms with E-state index in [1.54, 1.807) is 18.4 Å². The molecule has 0 spiro atoms. The van der Waals surface area contributed by atoms with E-state index in [4.69, 9.17) is 9.15 Å². The fourth-order valence-corrected chi connectivity index (χ4v) is 3.74. The van der Waals surface area contributed by atoms with E-state index in [-0.39, 0.29) is 5.91 Å². The van der Waals surface area contributed by atoms with Gasteiger partial charge in [0.1, 0.15) is 5.58 Å². The average Bonchev–Trinajstić information content (AvgIpc) is 3.31. The number of para-hydroxylation sites is 1. The van der Waals surface area contributed by atoms with E-state index in [1.807, 2.05) is 60.8 Å². The Labute approximate surface area is 167 Å². The summed E-state index contributed by atoms with van der Waals surface area (Å²) >= 11 is 1.63. The summed E-state index contributed by atoms with van der Waals surface area (Å²) in [5, 5.41) is 6.93. The summed E-state index contributed by atoms with van der Waals surface area (Å²) in [7, 11) is 1.61. The molecule has 0 saturated heterocycles. The number of methoxy groups -OCH3 is 1. The van der Waals surface area contributed by atoms with Crippen LogP contribution in [0.3, 0.4) is 0 Å². The van der Waals surface area contributed by atoms with Crippen molar-refractivity contribution in [2.75, 3.05) is 7.11 Å². The van der Waals surface area contributed by atoms with Crippen LogP contribution in [0.15, 0.2) is 58.3 Å². The number of aromatic nitrogens is 1. The fraction of sp³-hybridized carbons (Fsp3) is 0.182. The molecule has 6 heteroatoms. The summed E-state index contributed by atoms with van der Waals surface area (Å²) in [6.45, 7) is 2.73. The molecule has 0 atom stereocenters. The number of furan rings is 1. The van der Waals surface area contributed by atoms with Crippen molar-refractivity contribution < 1.29 is 13.9 Å². The largest absolute Gasteiger partial charge is 0.451 e. The monoisotopic (exact) mass is 392 g/mol. The second-order valence-electron chi connectivity index (χ2n) is 6.47. The van der Waals surface area contributed by atoms with Gasteiger partial charge >= 0.3 is 0 Å². The number of hydrogen-bond acceptors (Lipinski definition) is 5. The van der Waals surface area contributed by atoms with Crippen molar-refractivity contribution in [3.8, 4) is 11.3 Å². The highest BCUT2D eigenvalue weighted by molar-refractivity contribution is 7.09. The Morgan fingerprint density at radius 2 is 1.96 bits per heavy atom. The predicted octanol–water partition coefficient (Wildman–Crippen LogP) is 4.94. The number of amides is 1. The van der Waals surface area contributed by atoms with Gasteiger partial charge in [-0.15, -0.1) is 11.3 Å². The van der Waals surface area contributed by atoms with Crippen LogP contribution in [0, 0.1) is 6.92 Å². The summed E-state index contributed by atoms with van der Waals surface area (Å²) < 4.78 is 11.0. The summed E-state index contributed by atoms with van der Waals surface area (Å²) in [6, 6.07) is 15.6. The van der Waals surface area contributed by atoms with E-state index < -0.39 is 0 Å². The number of carbonyl (C=O) groups excluding carboxylic acids is 1. The molecule has 2 heterocycles. The summed E-state index contributed by atoms with van der Waals surface area (Å²) in [5.74, 6) is 0.0556. The van der Waals surface area contributed by atoms with Crippen molar-refractivity contribution in [2.24, 2.45) is 0 Å². The molecule has 2 aromatic heterocycles. The Bertz CT molecular complexity index is 1110. The van der Waals surface area contributed by atoms with Gasteiger partial charge in [-0.05, 0) is 18.6 Å². The number of thiazole rings is 1. The van der Waals surface area contributed by atoms with Crippen LogP contribution in [-0.2, 0) is 17.9 Å². The third-order valence-electron chi connectivity index (χ3n) is 4.51. The van der Waals surface area contributed by atoms with Crippen molar-refractivity contribution in [1.29, 1.82) is 0 Å². The predicted molar refractivity (Wildman–Crippen MR) is 110 cm³/mol. The third-order valence-corrected chi connectivity index (χ3v) is 5.29. The van der Waals surface area contributed by atoms with Gasteiger partial charge in [0.05, 0.1) is 17.3 Å². The Morgan fingerprint density at radius 1 is 1.18 bits per heavy atom. The first-order chi connectivity index (χ1) is 13.7. The lowest BCUT2D eigenvalue weighted by Gasteiger charge is -2.06. The minimum Gasteiger partial charge on any atom is -0.451 e. The van der Waals surface area contributed by atoms with Crippen LogP contribution in [0.25, 0.3) is 22.2 Å². The second-order valence-corrected chi connectivity index (χ2v) is 7.53. The van der Waals surface area contributed by atoms with Crippen molar-refractivity contribution in [1.82, 2.24) is 10.3 Å². The smallest absolute Gasteiger partial charge is 0.287 e. The summed E-state index contributed by atoms with van der Waals surface area (Å²) in [6.07, 6.45) is 0. The van der Waals surface area contributed by atoms with Crippen LogP contribution in [-0.4, -0.2) is 18.0 Å². The fourth-order valence-electron chi connectivity index (χ4n) is 3.12. The molecule has 2 aromatic carbocycles. The van der Waals surface area contributed by atoms with Crippen LogP contribution in [0.5, 0.6) is 0 Å². The summed E-state index contributed by atoms with van der Waals surface area (Å²) in [4.78, 5) is 17.2. The first kappa shape index (κ1) is 18.4. The number of fused-ring (bicyclic) bond motifs is 1. The minimum atomic E-state index is -0.248. The molecule has 4 rings (SSSR count). The van der Waals surface area contributed by atoms with E-state index >= 15 is 0 Å². The zero-order valence-corrected chi connectivity index (χ0v) is 16.5. The number of rotatable bonds is 6. The first-order valence-electron chi connectivity index (χ1n) is 8.94. The Hall–Kier alpha value is -2.96. The lowest BCUT2D eigenvalue weighted by Crippen LogP contribution is -2.23. The number of nitrogens with zero attached hydrogens (tertiary/aromatic N) is 1. The molecule has 142 valence electrons. The maximum Gasteiger partial charge on any atom is 0.287 e. The maximum absolute atomic E-state index is 12.7. The van der Waals surface area contributed by atoms with Gasteiger partial charge in [0.25, 0.3) is 5.91 Å². The van der Waals surface area contributed by atoms with Crippen molar-refractivity contribution in [3.63, 3.8) is 0 Å². The van der Waals surface area contributed by atoms with Crippen molar-refractivity contribution in [2.45, 2.75) is 20.1 Å². The van der Waals surface area contributed by atoms with Gasteiger partial charge < -0.3 is 14.5 Å². The van der Waals surface area contributed by atoms with E-state index in [1.165, 1.54) is 0 Å². The molecule has 1 amide bonds. The van der Waals surface area contributed by atoms with Gasteiger partial charge in [0, 0.05) is 35.5 Å². The normalized spacial score (nSPS) is 11.1. The molecule has 0 aliphatic carbocycles. The van der Waals surface area contributed by atoms with Crippen LogP contribution in [0.4, 0.5) is 0 Å².